The maximum absolute atomic E-state index is 7.79. The van der Waals surface area contributed by atoms with Crippen molar-refractivity contribution in [2.24, 2.45) is 0 Å². The van der Waals surface area contributed by atoms with Crippen molar-refractivity contribution >= 4 is 89.2 Å². The van der Waals surface area contributed by atoms with Gasteiger partial charge in [0, 0.05) is 33.2 Å². The summed E-state index contributed by atoms with van der Waals surface area (Å²) in [5, 5.41) is 4.99. The van der Waals surface area contributed by atoms with Crippen molar-refractivity contribution < 1.29 is 32.9 Å². The van der Waals surface area contributed by atoms with Crippen LogP contribution < -0.4 is 20.7 Å². The Balaban J connectivity index is 1.81. The third kappa shape index (κ3) is 7.28. The zero-order valence-corrected chi connectivity index (χ0v) is 43.3. The maximum atomic E-state index is 7.79. The first-order valence-electron chi connectivity index (χ1n) is 19.6. The minimum Gasteiger partial charge on any atom is -0.391 e. The van der Waals surface area contributed by atoms with Gasteiger partial charge in [-0.15, -0.1) is 0 Å². The minimum atomic E-state index is -3.69. The highest BCUT2D eigenvalue weighted by atomic mass is 28.6. The Hall–Kier alpha value is -0.145. The lowest BCUT2D eigenvalue weighted by Crippen LogP contribution is -2.88. The first-order valence-corrected chi connectivity index (χ1v) is 37.6. The van der Waals surface area contributed by atoms with Crippen molar-refractivity contribution in [2.75, 3.05) is 0 Å². The Labute approximate surface area is 324 Å². The van der Waals surface area contributed by atoms with Gasteiger partial charge >= 0.3 is 52.3 Å². The average molecular weight is 854 g/mol. The lowest BCUT2D eigenvalue weighted by atomic mass is 10.4. The molecule has 0 radical (unpaired) electrons. The zero-order chi connectivity index (χ0) is 39.1. The number of benzene rings is 2. The van der Waals surface area contributed by atoms with Gasteiger partial charge in [0.25, 0.3) is 0 Å². The van der Waals surface area contributed by atoms with Gasteiger partial charge < -0.3 is 32.9 Å². The van der Waals surface area contributed by atoms with Crippen LogP contribution in [-0.2, 0) is 32.9 Å². The van der Waals surface area contributed by atoms with Gasteiger partial charge in [-0.1, -0.05) is 181 Å². The van der Waals surface area contributed by atoms with E-state index in [9.17, 15) is 0 Å². The molecule has 0 unspecified atom stereocenters. The van der Waals surface area contributed by atoms with Crippen molar-refractivity contribution in [3.63, 3.8) is 0 Å². The van der Waals surface area contributed by atoms with Gasteiger partial charge in [-0.25, -0.2) is 0 Å². The fourth-order valence-electron chi connectivity index (χ4n) is 7.12. The predicted molar refractivity (Wildman–Crippen MR) is 232 cm³/mol. The van der Waals surface area contributed by atoms with E-state index in [1.165, 1.54) is 10.4 Å². The number of rotatable bonds is 10. The summed E-state index contributed by atoms with van der Waals surface area (Å²) < 4.78 is 61.2. The monoisotopic (exact) mass is 852 g/mol. The molecule has 0 atom stereocenters. The molecular weight excluding hydrogens is 785 g/mol. The molecule has 3 fully saturated rings. The van der Waals surface area contributed by atoms with Gasteiger partial charge in [0.2, 0.25) is 0 Å². The summed E-state index contributed by atoms with van der Waals surface area (Å²) in [6.45, 7) is 40.6. The van der Waals surface area contributed by atoms with E-state index >= 15 is 0 Å². The van der Waals surface area contributed by atoms with E-state index < -0.39 is 68.5 Å². The van der Waals surface area contributed by atoms with Gasteiger partial charge in [-0.05, 0) is 10.4 Å². The van der Waals surface area contributed by atoms with Crippen LogP contribution in [0, 0.1) is 0 Å². The van der Waals surface area contributed by atoms with E-state index in [4.69, 9.17) is 32.9 Å². The number of hydrogen-bond acceptors (Lipinski definition) is 8. The second-order valence-electron chi connectivity index (χ2n) is 19.1. The SMILES string of the molecule is CC(C)[Si]12O[Si](C(C)C)(O[Si]3(C(C)C)O[Si](C(C)C)(O1)O[Si](c1ccc([Si](C)(C)C)cc1)(C(C)C)O3)O[Si](c1ccc([Si](C)(C)C)cc1)(C(C)C)O2. The highest BCUT2D eigenvalue weighted by Crippen LogP contribution is 2.55. The molecule has 292 valence electrons. The van der Waals surface area contributed by atoms with Gasteiger partial charge in [0.15, 0.2) is 0 Å². The quantitative estimate of drug-likeness (QED) is 0.222. The van der Waals surface area contributed by atoms with Crippen LogP contribution in [0.15, 0.2) is 48.5 Å². The molecule has 0 N–H and O–H groups in total. The van der Waals surface area contributed by atoms with Crippen LogP contribution >= 0.6 is 0 Å². The molecule has 52 heavy (non-hydrogen) atoms. The van der Waals surface area contributed by atoms with Crippen molar-refractivity contribution in [1.82, 2.24) is 0 Å². The van der Waals surface area contributed by atoms with Gasteiger partial charge in [0.1, 0.15) is 0 Å². The first kappa shape index (κ1) is 43.0. The number of fused-ring (bicyclic) bond motifs is 4. The molecule has 0 spiro atoms. The molecule has 8 nitrogen and oxygen atoms in total. The Morgan fingerprint density at radius 1 is 0.327 bits per heavy atom. The largest absolute Gasteiger partial charge is 0.480 e. The van der Waals surface area contributed by atoms with E-state index in [0.717, 1.165) is 10.4 Å². The van der Waals surface area contributed by atoms with Crippen LogP contribution in [-0.4, -0.2) is 68.5 Å². The van der Waals surface area contributed by atoms with E-state index in [2.05, 4.69) is 171 Å². The van der Waals surface area contributed by atoms with Gasteiger partial charge in [-0.3, -0.25) is 0 Å². The summed E-state index contributed by atoms with van der Waals surface area (Å²) in [4.78, 5) is 0. The Bertz CT molecular complexity index is 1420. The summed E-state index contributed by atoms with van der Waals surface area (Å²) in [5.74, 6) is 0. The van der Waals surface area contributed by atoms with Gasteiger partial charge in [-0.2, -0.15) is 0 Å². The third-order valence-corrected chi connectivity index (χ3v) is 44.6. The highest BCUT2D eigenvalue weighted by molar-refractivity contribution is 7.05. The maximum Gasteiger partial charge on any atom is 0.480 e. The summed E-state index contributed by atoms with van der Waals surface area (Å²) in [6, 6.07) is 18.2. The molecule has 2 aromatic carbocycles. The third-order valence-electron chi connectivity index (χ3n) is 11.0. The van der Waals surface area contributed by atoms with E-state index in [1.54, 1.807) is 0 Å². The Morgan fingerprint density at radius 2 is 0.538 bits per heavy atom. The molecule has 3 saturated heterocycles. The van der Waals surface area contributed by atoms with E-state index in [0.29, 0.717) is 0 Å². The molecular formula is C36H68O8Si8. The lowest BCUT2D eigenvalue weighted by Gasteiger charge is -2.63. The summed E-state index contributed by atoms with van der Waals surface area (Å²) in [6.07, 6.45) is 0. The summed E-state index contributed by atoms with van der Waals surface area (Å²) in [5.41, 5.74) is -0.320. The van der Waals surface area contributed by atoms with Gasteiger partial charge in [0.05, 0.1) is 16.1 Å². The molecule has 0 saturated carbocycles. The molecule has 5 rings (SSSR count). The molecule has 0 aliphatic carbocycles. The van der Waals surface area contributed by atoms with Crippen LogP contribution in [0.5, 0.6) is 0 Å². The predicted octanol–water partition coefficient (Wildman–Crippen LogP) is 8.16. The minimum absolute atomic E-state index is 0.0435. The molecule has 3 aliphatic heterocycles. The van der Waals surface area contributed by atoms with Crippen LogP contribution in [0.4, 0.5) is 0 Å². The van der Waals surface area contributed by atoms with E-state index in [1.807, 2.05) is 0 Å². The van der Waals surface area contributed by atoms with Crippen molar-refractivity contribution in [3.05, 3.63) is 48.5 Å². The smallest absolute Gasteiger partial charge is 0.391 e. The van der Waals surface area contributed by atoms with Crippen LogP contribution in [0.25, 0.3) is 0 Å². The fourth-order valence-corrected chi connectivity index (χ4v) is 49.7. The van der Waals surface area contributed by atoms with Crippen molar-refractivity contribution in [1.29, 1.82) is 0 Å². The second-order valence-corrected chi connectivity index (χ2v) is 51.4. The fraction of sp³-hybridized carbons (Fsp3) is 0.667. The topological polar surface area (TPSA) is 73.8 Å². The molecule has 16 heteroatoms. The molecule has 2 aromatic rings. The average Bonchev–Trinajstić information content (AvgIpc) is 3.02. The van der Waals surface area contributed by atoms with Crippen LogP contribution in [0.1, 0.15) is 83.1 Å². The summed E-state index contributed by atoms with van der Waals surface area (Å²) >= 11 is 0. The molecule has 3 heterocycles. The molecule has 4 bridgehead atoms. The zero-order valence-electron chi connectivity index (χ0n) is 35.3. The molecule has 0 amide bonds. The molecule has 0 aromatic heterocycles. The highest BCUT2D eigenvalue weighted by Gasteiger charge is 2.80. The normalized spacial score (nSPS) is 34.5. The van der Waals surface area contributed by atoms with Crippen molar-refractivity contribution in [2.45, 2.75) is 156 Å². The van der Waals surface area contributed by atoms with E-state index in [-0.39, 0.29) is 33.2 Å². The lowest BCUT2D eigenvalue weighted by molar-refractivity contribution is 0.0134. The number of hydrogen-bond donors (Lipinski definition) is 0. The Morgan fingerprint density at radius 3 is 0.692 bits per heavy atom. The van der Waals surface area contributed by atoms with Crippen molar-refractivity contribution in [3.8, 4) is 0 Å². The Kier molecular flexibility index (Phi) is 11.9. The first-order chi connectivity index (χ1) is 23.7. The second kappa shape index (κ2) is 14.3. The van der Waals surface area contributed by atoms with Crippen LogP contribution in [0.2, 0.25) is 72.5 Å². The summed E-state index contributed by atoms with van der Waals surface area (Å²) in [7, 11) is -24.4. The molecule has 3 aliphatic rings. The standard InChI is InChI=1S/C36H68O8Si8/c1-27(2)47(35-23-19-33(20-24-35)45(13,14)15)37-49(29(5)6)41-50(38-47,30(7)8)44-52(32(11)12)40-48(28(3)4,39-51(42-52,43-49)31(9)10)36-25-21-34(22-26-36)46(16,17)18/h19-32H,1-18H3. The van der Waals surface area contributed by atoms with Crippen LogP contribution in [0.3, 0.4) is 0 Å².